The summed E-state index contributed by atoms with van der Waals surface area (Å²) in [4.78, 5) is 34.9. The third-order valence-electron chi connectivity index (χ3n) is 8.34. The molecule has 11 heteroatoms. The monoisotopic (exact) mass is 795 g/mol. The second-order valence-electron chi connectivity index (χ2n) is 13.6. The number of unbranched alkanes of at least 4 members (excludes halogenated alkanes) is 12. The predicted molar refractivity (Wildman–Crippen MR) is 223 cm³/mol. The maximum atomic E-state index is 12.6. The number of esters is 2. The molecular formula is C44H75O10P. The van der Waals surface area contributed by atoms with Crippen LogP contribution in [0.5, 0.6) is 0 Å². The first-order valence-electron chi connectivity index (χ1n) is 20.9. The van der Waals surface area contributed by atoms with Crippen LogP contribution < -0.4 is 0 Å². The number of ether oxygens (including phenoxy) is 2. The molecule has 0 aliphatic heterocycles. The van der Waals surface area contributed by atoms with E-state index < -0.39 is 51.8 Å². The van der Waals surface area contributed by atoms with E-state index >= 15 is 0 Å². The van der Waals surface area contributed by atoms with E-state index in [0.717, 1.165) is 70.6 Å². The fourth-order valence-electron chi connectivity index (χ4n) is 5.14. The molecule has 0 spiro atoms. The second-order valence-corrected chi connectivity index (χ2v) is 15.1. The lowest BCUT2D eigenvalue weighted by molar-refractivity contribution is -0.161. The molecule has 0 aromatic rings. The molecule has 10 nitrogen and oxygen atoms in total. The quantitative estimate of drug-likeness (QED) is 0.0239. The zero-order chi connectivity index (χ0) is 40.5. The van der Waals surface area contributed by atoms with Crippen LogP contribution in [-0.2, 0) is 32.7 Å². The molecule has 0 aliphatic carbocycles. The summed E-state index contributed by atoms with van der Waals surface area (Å²) >= 11 is 0. The first kappa shape index (κ1) is 52.4. The Kier molecular flexibility index (Phi) is 37.8. The van der Waals surface area contributed by atoms with E-state index in [1.165, 1.54) is 38.5 Å². The summed E-state index contributed by atoms with van der Waals surface area (Å²) in [5.41, 5.74) is 0. The molecule has 0 saturated carbocycles. The van der Waals surface area contributed by atoms with Gasteiger partial charge in [-0.25, -0.2) is 4.57 Å². The third kappa shape index (κ3) is 39.4. The van der Waals surface area contributed by atoms with Crippen molar-refractivity contribution in [2.24, 2.45) is 0 Å². The Hall–Kier alpha value is -2.59. The Balaban J connectivity index is 4.45. The Labute approximate surface area is 333 Å². The van der Waals surface area contributed by atoms with E-state index in [1.54, 1.807) is 0 Å². The molecule has 0 amide bonds. The highest BCUT2D eigenvalue weighted by atomic mass is 31.2. The smallest absolute Gasteiger partial charge is 0.462 e. The van der Waals surface area contributed by atoms with Crippen molar-refractivity contribution < 1.29 is 47.8 Å². The van der Waals surface area contributed by atoms with Crippen molar-refractivity contribution in [3.8, 4) is 0 Å². The predicted octanol–water partition coefficient (Wildman–Crippen LogP) is 10.9. The minimum Gasteiger partial charge on any atom is -0.462 e. The zero-order valence-electron chi connectivity index (χ0n) is 34.1. The molecule has 3 N–H and O–H groups in total. The number of allylic oxidation sites excluding steroid dienone is 12. The number of carbonyl (C=O) groups is 2. The van der Waals surface area contributed by atoms with Crippen molar-refractivity contribution in [2.45, 2.75) is 167 Å². The summed E-state index contributed by atoms with van der Waals surface area (Å²) in [6.45, 7) is 2.16. The van der Waals surface area contributed by atoms with Crippen LogP contribution in [0.15, 0.2) is 72.9 Å². The van der Waals surface area contributed by atoms with Gasteiger partial charge in [-0.15, -0.1) is 0 Å². The van der Waals surface area contributed by atoms with Crippen molar-refractivity contribution in [3.05, 3.63) is 72.9 Å². The summed E-state index contributed by atoms with van der Waals surface area (Å²) in [6, 6.07) is 0. The van der Waals surface area contributed by atoms with Crippen LogP contribution >= 0.6 is 7.82 Å². The summed E-state index contributed by atoms with van der Waals surface area (Å²) in [5.74, 6) is -1.01. The molecule has 0 radical (unpaired) electrons. The fourth-order valence-corrected chi connectivity index (χ4v) is 5.93. The summed E-state index contributed by atoms with van der Waals surface area (Å²) in [5, 5.41) is 18.3. The maximum Gasteiger partial charge on any atom is 0.472 e. The van der Waals surface area contributed by atoms with E-state index in [1.807, 2.05) is 6.08 Å². The van der Waals surface area contributed by atoms with Gasteiger partial charge in [-0.3, -0.25) is 18.6 Å². The van der Waals surface area contributed by atoms with Crippen molar-refractivity contribution in [3.63, 3.8) is 0 Å². The number of aliphatic hydroxyl groups is 2. The lowest BCUT2D eigenvalue weighted by atomic mass is 10.1. The van der Waals surface area contributed by atoms with Crippen LogP contribution in [-0.4, -0.2) is 65.7 Å². The molecule has 1 unspecified atom stereocenters. The Morgan fingerprint density at radius 2 is 1.02 bits per heavy atom. The van der Waals surface area contributed by atoms with Crippen LogP contribution in [0.25, 0.3) is 0 Å². The average molecular weight is 795 g/mol. The molecule has 0 aromatic carbocycles. The highest BCUT2D eigenvalue weighted by Gasteiger charge is 2.27. The second kappa shape index (κ2) is 39.6. The molecule has 0 aliphatic rings. The zero-order valence-corrected chi connectivity index (χ0v) is 35.0. The van der Waals surface area contributed by atoms with Crippen LogP contribution in [0.2, 0.25) is 0 Å². The number of carbonyl (C=O) groups excluding carboxylic acids is 2. The Morgan fingerprint density at radius 3 is 1.56 bits per heavy atom. The summed E-state index contributed by atoms with van der Waals surface area (Å²) in [6.07, 6.45) is 44.5. The number of phosphoric acid groups is 1. The van der Waals surface area contributed by atoms with E-state index in [2.05, 4.69) is 85.2 Å². The number of hydrogen-bond donors (Lipinski definition) is 3. The Morgan fingerprint density at radius 1 is 0.564 bits per heavy atom. The molecule has 0 rings (SSSR count). The highest BCUT2D eigenvalue weighted by Crippen LogP contribution is 2.43. The van der Waals surface area contributed by atoms with Gasteiger partial charge in [-0.1, -0.05) is 138 Å². The van der Waals surface area contributed by atoms with Gasteiger partial charge in [0.05, 0.1) is 19.8 Å². The maximum absolute atomic E-state index is 12.6. The van der Waals surface area contributed by atoms with Crippen molar-refractivity contribution in [2.75, 3.05) is 26.4 Å². The molecule has 3 atom stereocenters. The molecule has 316 valence electrons. The van der Waals surface area contributed by atoms with E-state index in [-0.39, 0.29) is 19.4 Å². The largest absolute Gasteiger partial charge is 0.472 e. The summed E-state index contributed by atoms with van der Waals surface area (Å²) in [7, 11) is -4.64. The van der Waals surface area contributed by atoms with Gasteiger partial charge >= 0.3 is 19.8 Å². The number of hydrogen-bond acceptors (Lipinski definition) is 9. The minimum atomic E-state index is -4.64. The topological polar surface area (TPSA) is 149 Å². The molecule has 55 heavy (non-hydrogen) atoms. The SMILES string of the molecule is CC/C=C/C/C=C/C/C=C/CCCCCCCC(=O)OC[C@H](COP(=O)(O)OC[C@@H](O)CO)OC(=O)CCC/C=C/C/C=C/C/C=C/CCCCCCCC. The normalized spacial score (nSPS) is 14.6. The molecule has 0 bridgehead atoms. The van der Waals surface area contributed by atoms with Gasteiger partial charge in [0.2, 0.25) is 0 Å². The standard InChI is InChI=1S/C44H75O10P/c1-3-5-7-9-11-13-15-17-19-20-22-24-26-28-30-32-34-36-44(48)54-42(40-53-55(49,50)52-38-41(46)37-45)39-51-43(47)35-33-31-29-27-25-23-21-18-16-14-12-10-8-6-4-2/h6,8,12,14,17-19,21-22,24,28,30,41-42,45-46H,3-5,7,9-11,13,15-16,20,23,25-27,29,31-40H2,1-2H3,(H,49,50)/b8-6+,14-12+,19-17+,21-18+,24-22+,30-28+/t41-,42+/m0/s1. The van der Waals surface area contributed by atoms with Gasteiger partial charge in [-0.2, -0.15) is 0 Å². The van der Waals surface area contributed by atoms with Gasteiger partial charge < -0.3 is 24.6 Å². The molecule has 0 fully saturated rings. The number of aliphatic hydroxyl groups excluding tert-OH is 2. The third-order valence-corrected chi connectivity index (χ3v) is 9.30. The average Bonchev–Trinajstić information content (AvgIpc) is 3.17. The van der Waals surface area contributed by atoms with Gasteiger partial charge in [0.25, 0.3) is 0 Å². The number of phosphoric ester groups is 1. The van der Waals surface area contributed by atoms with E-state index in [0.29, 0.717) is 19.3 Å². The lowest BCUT2D eigenvalue weighted by Gasteiger charge is -2.20. The molecule has 0 aromatic heterocycles. The van der Waals surface area contributed by atoms with Gasteiger partial charge in [-0.05, 0) is 77.0 Å². The van der Waals surface area contributed by atoms with Gasteiger partial charge in [0.15, 0.2) is 6.10 Å². The summed E-state index contributed by atoms with van der Waals surface area (Å²) < 4.78 is 32.6. The van der Waals surface area contributed by atoms with Crippen LogP contribution in [0.3, 0.4) is 0 Å². The van der Waals surface area contributed by atoms with Crippen LogP contribution in [0.1, 0.15) is 155 Å². The van der Waals surface area contributed by atoms with Gasteiger partial charge in [0, 0.05) is 12.8 Å². The van der Waals surface area contributed by atoms with Crippen molar-refractivity contribution >= 4 is 19.8 Å². The fraction of sp³-hybridized carbons (Fsp3) is 0.682. The Bertz CT molecular complexity index is 1140. The van der Waals surface area contributed by atoms with Crippen LogP contribution in [0.4, 0.5) is 0 Å². The first-order chi connectivity index (χ1) is 26.7. The van der Waals surface area contributed by atoms with E-state index in [4.69, 9.17) is 19.1 Å². The minimum absolute atomic E-state index is 0.105. The highest BCUT2D eigenvalue weighted by molar-refractivity contribution is 7.47. The number of rotatable bonds is 38. The van der Waals surface area contributed by atoms with Crippen molar-refractivity contribution in [1.29, 1.82) is 0 Å². The molecule has 0 heterocycles. The van der Waals surface area contributed by atoms with Gasteiger partial charge in [0.1, 0.15) is 12.7 Å². The molecule has 0 saturated heterocycles. The molecular weight excluding hydrogens is 719 g/mol. The van der Waals surface area contributed by atoms with Crippen molar-refractivity contribution in [1.82, 2.24) is 0 Å². The lowest BCUT2D eigenvalue weighted by Crippen LogP contribution is -2.29. The van der Waals surface area contributed by atoms with Crippen LogP contribution in [0, 0.1) is 0 Å². The van der Waals surface area contributed by atoms with E-state index in [9.17, 15) is 24.2 Å². The first-order valence-corrected chi connectivity index (χ1v) is 22.4.